The molecule has 1 nitrogen and oxygen atoms in total. The van der Waals surface area contributed by atoms with Crippen LogP contribution in [-0.4, -0.2) is 5.71 Å². The molecular weight excluding hydrogens is 651 g/mol. The average molecular weight is 688 g/mol. The van der Waals surface area contributed by atoms with E-state index in [1.165, 1.54) is 94.1 Å². The Bertz CT molecular complexity index is 2870. The zero-order valence-corrected chi connectivity index (χ0v) is 29.9. The number of rotatable bonds is 3. The second kappa shape index (κ2) is 11.6. The van der Waals surface area contributed by atoms with Gasteiger partial charge in [0.2, 0.25) is 0 Å². The fourth-order valence-corrected chi connectivity index (χ4v) is 10.5. The maximum atomic E-state index is 5.12. The molecule has 7 aliphatic rings. The molecule has 1 heteroatoms. The zero-order valence-electron chi connectivity index (χ0n) is 29.9. The summed E-state index contributed by atoms with van der Waals surface area (Å²) in [6.07, 6.45) is 29.1. The summed E-state index contributed by atoms with van der Waals surface area (Å²) in [4.78, 5) is 5.12. The number of benzene rings is 5. The molecule has 5 atom stereocenters. The molecule has 0 aromatic heterocycles. The Balaban J connectivity index is 1.17. The van der Waals surface area contributed by atoms with E-state index >= 15 is 0 Å². The van der Waals surface area contributed by atoms with Crippen LogP contribution in [0.4, 0.5) is 0 Å². The van der Waals surface area contributed by atoms with Gasteiger partial charge in [-0.05, 0) is 101 Å². The number of fused-ring (bicyclic) bond motifs is 9. The second-order valence-electron chi connectivity index (χ2n) is 15.7. The van der Waals surface area contributed by atoms with E-state index in [1.807, 2.05) is 0 Å². The number of nitrogens with zero attached hydrogens (tertiary/aromatic N) is 1. The fraction of sp³-hybridized carbons (Fsp3) is 0.113. The lowest BCUT2D eigenvalue weighted by Crippen LogP contribution is -2.26. The first-order chi connectivity index (χ1) is 26.8. The van der Waals surface area contributed by atoms with Gasteiger partial charge in [-0.1, -0.05) is 164 Å². The topological polar surface area (TPSA) is 12.4 Å². The first kappa shape index (κ1) is 30.2. The standard InChI is InChI=1S/C53H37N/c1-3-12-34-26-39(22-20-32(34)10-1)49-44-25-24-38(48-30-36-14-5-6-16-41(36)31-54-48)29-46(44)50(40-23-21-33-11-2-4-13-35(33)27-40)53-47-28-37-15-7-8-17-42(37)43-18-9-19-45(51(43)47)52(49)53/h1-29,31,36,43-44,46,51H,30H2/t36?,43-,44?,46?,51?/m1/s1. The van der Waals surface area contributed by atoms with E-state index in [9.17, 15) is 0 Å². The summed E-state index contributed by atoms with van der Waals surface area (Å²) in [5.41, 5.74) is 17.9. The minimum atomic E-state index is 0.131. The van der Waals surface area contributed by atoms with E-state index in [4.69, 9.17) is 4.99 Å². The lowest BCUT2D eigenvalue weighted by atomic mass is 9.65. The first-order valence-corrected chi connectivity index (χ1v) is 19.5. The van der Waals surface area contributed by atoms with Crippen LogP contribution >= 0.6 is 0 Å². The lowest BCUT2D eigenvalue weighted by molar-refractivity contribution is 0.658. The second-order valence-corrected chi connectivity index (χ2v) is 15.7. The van der Waals surface area contributed by atoms with E-state index in [1.54, 1.807) is 0 Å². The summed E-state index contributed by atoms with van der Waals surface area (Å²) < 4.78 is 0. The van der Waals surface area contributed by atoms with Gasteiger partial charge in [-0.2, -0.15) is 0 Å². The molecule has 0 N–H and O–H groups in total. The fourth-order valence-electron chi connectivity index (χ4n) is 10.5. The summed E-state index contributed by atoms with van der Waals surface area (Å²) in [6.45, 7) is 0. The van der Waals surface area contributed by atoms with Gasteiger partial charge in [-0.3, -0.25) is 4.99 Å². The molecule has 5 aromatic rings. The van der Waals surface area contributed by atoms with E-state index in [0.717, 1.165) is 6.42 Å². The quantitative estimate of drug-likeness (QED) is 0.179. The van der Waals surface area contributed by atoms with Crippen LogP contribution in [0, 0.1) is 23.7 Å². The Morgan fingerprint density at radius 1 is 0.556 bits per heavy atom. The minimum Gasteiger partial charge on any atom is -0.260 e. The molecule has 1 aliphatic heterocycles. The summed E-state index contributed by atoms with van der Waals surface area (Å²) in [7, 11) is 0. The Hall–Kier alpha value is -6.31. The number of allylic oxidation sites excluding steroid dienone is 18. The molecule has 0 bridgehead atoms. The van der Waals surface area contributed by atoms with Crippen molar-refractivity contribution in [1.29, 1.82) is 0 Å². The van der Waals surface area contributed by atoms with Gasteiger partial charge >= 0.3 is 0 Å². The molecule has 0 radical (unpaired) electrons. The first-order valence-electron chi connectivity index (χ1n) is 19.5. The van der Waals surface area contributed by atoms with Crippen molar-refractivity contribution in [2.75, 3.05) is 0 Å². The highest BCUT2D eigenvalue weighted by Gasteiger charge is 2.50. The van der Waals surface area contributed by atoms with Gasteiger partial charge in [0, 0.05) is 47.9 Å². The van der Waals surface area contributed by atoms with Crippen LogP contribution in [0.15, 0.2) is 215 Å². The highest BCUT2D eigenvalue weighted by molar-refractivity contribution is 6.07. The van der Waals surface area contributed by atoms with E-state index in [2.05, 4.69) is 182 Å². The van der Waals surface area contributed by atoms with Crippen LogP contribution in [-0.2, 0) is 0 Å². The van der Waals surface area contributed by atoms with Crippen molar-refractivity contribution in [3.05, 3.63) is 232 Å². The Labute approximate surface area is 316 Å². The van der Waals surface area contributed by atoms with Crippen molar-refractivity contribution in [3.8, 4) is 0 Å². The molecule has 0 amide bonds. The van der Waals surface area contributed by atoms with Crippen molar-refractivity contribution in [2.45, 2.75) is 12.3 Å². The summed E-state index contributed by atoms with van der Waals surface area (Å²) in [5, 5.41) is 5.12. The van der Waals surface area contributed by atoms with Crippen LogP contribution < -0.4 is 0 Å². The van der Waals surface area contributed by atoms with Crippen molar-refractivity contribution < 1.29 is 0 Å². The Morgan fingerprint density at radius 2 is 1.26 bits per heavy atom. The normalized spacial score (nSPS) is 25.6. The SMILES string of the molecule is C1=CC2=CN=C(C3=CC4C(c5ccc6ccccc6c5)=C5C6=Cc7ccccc7[C@H]7C=CC=C(C5=C(c5ccc8ccccc8c5)C4C=C3)C67)CC2C=C1. The third-order valence-electron chi connectivity index (χ3n) is 13.0. The largest absolute Gasteiger partial charge is 0.260 e. The summed E-state index contributed by atoms with van der Waals surface area (Å²) >= 11 is 0. The molecule has 5 aromatic carbocycles. The predicted octanol–water partition coefficient (Wildman–Crippen LogP) is 12.7. The van der Waals surface area contributed by atoms with Gasteiger partial charge in [0.15, 0.2) is 0 Å². The smallest absolute Gasteiger partial charge is 0.0482 e. The maximum Gasteiger partial charge on any atom is 0.0482 e. The van der Waals surface area contributed by atoms with Gasteiger partial charge in [-0.25, -0.2) is 0 Å². The third-order valence-corrected chi connectivity index (χ3v) is 13.0. The van der Waals surface area contributed by atoms with Gasteiger partial charge in [-0.15, -0.1) is 0 Å². The summed E-state index contributed by atoms with van der Waals surface area (Å²) in [6, 6.07) is 41.0. The van der Waals surface area contributed by atoms with Crippen molar-refractivity contribution in [1.82, 2.24) is 0 Å². The molecule has 12 rings (SSSR count). The molecule has 0 saturated heterocycles. The van der Waals surface area contributed by atoms with Crippen LogP contribution in [0.25, 0.3) is 38.8 Å². The van der Waals surface area contributed by atoms with E-state index in [-0.39, 0.29) is 17.8 Å². The van der Waals surface area contributed by atoms with Crippen molar-refractivity contribution in [3.63, 3.8) is 0 Å². The molecule has 0 spiro atoms. The van der Waals surface area contributed by atoms with Crippen LogP contribution in [0.5, 0.6) is 0 Å². The molecule has 1 fully saturated rings. The maximum absolute atomic E-state index is 5.12. The molecule has 54 heavy (non-hydrogen) atoms. The molecule has 1 heterocycles. The van der Waals surface area contributed by atoms with Gasteiger partial charge in [0.1, 0.15) is 0 Å². The minimum absolute atomic E-state index is 0.131. The van der Waals surface area contributed by atoms with Gasteiger partial charge < -0.3 is 0 Å². The molecule has 254 valence electrons. The average Bonchev–Trinajstić information content (AvgIpc) is 3.56. The van der Waals surface area contributed by atoms with Crippen LogP contribution in [0.3, 0.4) is 0 Å². The lowest BCUT2D eigenvalue weighted by Gasteiger charge is -2.38. The highest BCUT2D eigenvalue weighted by Crippen LogP contribution is 2.64. The van der Waals surface area contributed by atoms with Crippen molar-refractivity contribution in [2.24, 2.45) is 28.7 Å². The Kier molecular flexibility index (Phi) is 6.48. The molecular formula is C53H37N. The molecule has 1 saturated carbocycles. The number of hydrogen-bond acceptors (Lipinski definition) is 1. The third kappa shape index (κ3) is 4.42. The number of hydrogen-bond donors (Lipinski definition) is 0. The van der Waals surface area contributed by atoms with Gasteiger partial charge in [0.25, 0.3) is 0 Å². The molecule has 6 aliphatic carbocycles. The van der Waals surface area contributed by atoms with Gasteiger partial charge in [0.05, 0.1) is 0 Å². The van der Waals surface area contributed by atoms with E-state index < -0.39 is 0 Å². The van der Waals surface area contributed by atoms with Crippen molar-refractivity contribution >= 4 is 44.5 Å². The number of aliphatic imine (C=N–C) groups is 1. The van der Waals surface area contributed by atoms with Crippen LogP contribution in [0.1, 0.15) is 34.6 Å². The van der Waals surface area contributed by atoms with Crippen LogP contribution in [0.2, 0.25) is 0 Å². The zero-order chi connectivity index (χ0) is 35.3. The summed E-state index contributed by atoms with van der Waals surface area (Å²) in [5.74, 6) is 1.26. The Morgan fingerprint density at radius 3 is 2.06 bits per heavy atom. The predicted molar refractivity (Wildman–Crippen MR) is 226 cm³/mol. The monoisotopic (exact) mass is 687 g/mol. The highest BCUT2D eigenvalue weighted by atomic mass is 14.7. The molecule has 4 unspecified atom stereocenters. The van der Waals surface area contributed by atoms with E-state index in [0.29, 0.717) is 11.8 Å².